The third-order valence-corrected chi connectivity index (χ3v) is 2.92. The molecule has 2 aromatic carbocycles. The zero-order chi connectivity index (χ0) is 13.8. The van der Waals surface area contributed by atoms with Crippen LogP contribution < -0.4 is 9.31 Å². The molecule has 1 radical (unpaired) electrons. The van der Waals surface area contributed by atoms with E-state index < -0.39 is 11.6 Å². The lowest BCUT2D eigenvalue weighted by atomic mass is 10.3. The van der Waals surface area contributed by atoms with Gasteiger partial charge < -0.3 is 9.31 Å². The molecule has 0 aliphatic rings. The first-order valence-electron chi connectivity index (χ1n) is 5.12. The lowest BCUT2D eigenvalue weighted by molar-refractivity contribution is 0.454. The summed E-state index contributed by atoms with van der Waals surface area (Å²) in [4.78, 5) is 0. The second-order valence-electron chi connectivity index (χ2n) is 3.44. The SMILES string of the molecule is Fc1cccc(O[B]Oc2cccc(F)c2Cl)c1Cl. The first-order chi connectivity index (χ1) is 9.09. The summed E-state index contributed by atoms with van der Waals surface area (Å²) >= 11 is 11.3. The summed E-state index contributed by atoms with van der Waals surface area (Å²) in [5.74, 6) is -1.07. The Kier molecular flexibility index (Phi) is 4.50. The molecule has 0 unspecified atom stereocenters. The first kappa shape index (κ1) is 14.0. The second-order valence-corrected chi connectivity index (χ2v) is 4.19. The van der Waals surface area contributed by atoms with E-state index in [9.17, 15) is 8.78 Å². The van der Waals surface area contributed by atoms with Crippen molar-refractivity contribution in [2.24, 2.45) is 0 Å². The van der Waals surface area contributed by atoms with Gasteiger partial charge >= 0.3 is 7.69 Å². The van der Waals surface area contributed by atoms with E-state index in [0.717, 1.165) is 7.69 Å². The van der Waals surface area contributed by atoms with Crippen molar-refractivity contribution in [3.05, 3.63) is 58.1 Å². The predicted octanol–water partition coefficient (Wildman–Crippen LogP) is 4.26. The van der Waals surface area contributed by atoms with Gasteiger partial charge in [-0.2, -0.15) is 0 Å². The number of hydrogen-bond donors (Lipinski definition) is 0. The maximum atomic E-state index is 13.1. The van der Waals surface area contributed by atoms with Crippen molar-refractivity contribution in [2.45, 2.75) is 0 Å². The second kappa shape index (κ2) is 6.13. The number of benzene rings is 2. The van der Waals surface area contributed by atoms with Crippen LogP contribution in [-0.2, 0) is 0 Å². The van der Waals surface area contributed by atoms with E-state index in [1.807, 2.05) is 0 Å². The molecule has 2 nitrogen and oxygen atoms in total. The minimum absolute atomic E-state index is 0.0780. The van der Waals surface area contributed by atoms with Crippen molar-refractivity contribution in [2.75, 3.05) is 0 Å². The van der Waals surface area contributed by atoms with Crippen molar-refractivity contribution in [3.8, 4) is 11.5 Å². The molecule has 0 N–H and O–H groups in total. The third kappa shape index (κ3) is 3.30. The van der Waals surface area contributed by atoms with E-state index in [-0.39, 0.29) is 21.5 Å². The molecular formula is C12H6BCl2F2O2. The Morgan fingerprint density at radius 2 is 1.21 bits per heavy atom. The van der Waals surface area contributed by atoms with E-state index >= 15 is 0 Å². The normalized spacial score (nSPS) is 10.1. The van der Waals surface area contributed by atoms with Gasteiger partial charge in [-0.15, -0.1) is 0 Å². The highest BCUT2D eigenvalue weighted by molar-refractivity contribution is 6.34. The van der Waals surface area contributed by atoms with E-state index in [4.69, 9.17) is 32.5 Å². The highest BCUT2D eigenvalue weighted by Crippen LogP contribution is 2.28. The number of halogens is 4. The molecule has 0 fully saturated rings. The van der Waals surface area contributed by atoms with E-state index in [1.165, 1.54) is 36.4 Å². The Balaban J connectivity index is 2.00. The molecule has 7 heteroatoms. The Labute approximate surface area is 119 Å². The minimum atomic E-state index is -0.614. The topological polar surface area (TPSA) is 18.5 Å². The van der Waals surface area contributed by atoms with Crippen LogP contribution in [0.2, 0.25) is 10.0 Å². The molecule has 0 saturated carbocycles. The third-order valence-electron chi connectivity index (χ3n) is 2.18. The van der Waals surface area contributed by atoms with Crippen molar-refractivity contribution in [3.63, 3.8) is 0 Å². The fourth-order valence-corrected chi connectivity index (χ4v) is 1.62. The quantitative estimate of drug-likeness (QED) is 0.786. The molecule has 2 rings (SSSR count). The predicted molar refractivity (Wildman–Crippen MR) is 69.8 cm³/mol. The molecule has 19 heavy (non-hydrogen) atoms. The smallest absolute Gasteiger partial charge is 0.525 e. The number of hydrogen-bond acceptors (Lipinski definition) is 2. The first-order valence-corrected chi connectivity index (χ1v) is 5.88. The average Bonchev–Trinajstić information content (AvgIpc) is 2.39. The molecule has 0 atom stereocenters. The molecule has 2 aromatic rings. The van der Waals surface area contributed by atoms with Crippen LogP contribution >= 0.6 is 23.2 Å². The van der Waals surface area contributed by atoms with Crippen LogP contribution in [0.4, 0.5) is 8.78 Å². The molecule has 97 valence electrons. The highest BCUT2D eigenvalue weighted by Gasteiger charge is 2.11. The molecule has 0 aromatic heterocycles. The van der Waals surface area contributed by atoms with Gasteiger partial charge in [0.1, 0.15) is 33.2 Å². The minimum Gasteiger partial charge on any atom is -0.525 e. The van der Waals surface area contributed by atoms with E-state index in [1.54, 1.807) is 0 Å². The van der Waals surface area contributed by atoms with Crippen LogP contribution in [0.25, 0.3) is 0 Å². The highest BCUT2D eigenvalue weighted by atomic mass is 35.5. The zero-order valence-electron chi connectivity index (χ0n) is 9.37. The summed E-state index contributed by atoms with van der Waals surface area (Å²) in [5, 5.41) is -0.347. The zero-order valence-corrected chi connectivity index (χ0v) is 10.9. The van der Waals surface area contributed by atoms with Gasteiger partial charge in [0.2, 0.25) is 0 Å². The molecule has 0 bridgehead atoms. The number of rotatable bonds is 4. The summed E-state index contributed by atoms with van der Waals surface area (Å²) in [6.07, 6.45) is 0. The van der Waals surface area contributed by atoms with Gasteiger partial charge in [0.05, 0.1) is 0 Å². The van der Waals surface area contributed by atoms with Gasteiger partial charge in [-0.1, -0.05) is 35.3 Å². The molecule has 0 aliphatic heterocycles. The molecule has 0 saturated heterocycles. The van der Waals surface area contributed by atoms with Gasteiger partial charge in [-0.25, -0.2) is 8.78 Å². The van der Waals surface area contributed by atoms with Crippen LogP contribution in [0.15, 0.2) is 36.4 Å². The van der Waals surface area contributed by atoms with Crippen molar-refractivity contribution >= 4 is 30.9 Å². The van der Waals surface area contributed by atoms with Crippen molar-refractivity contribution in [1.29, 1.82) is 0 Å². The summed E-state index contributed by atoms with van der Waals surface area (Å²) in [6, 6.07) is 8.16. The largest absolute Gasteiger partial charge is 0.658 e. The van der Waals surface area contributed by atoms with Gasteiger partial charge in [-0.05, 0) is 24.3 Å². The summed E-state index contributed by atoms with van der Waals surface area (Å²) in [5.41, 5.74) is 0. The Morgan fingerprint density at radius 1 is 0.789 bits per heavy atom. The lowest BCUT2D eigenvalue weighted by Crippen LogP contribution is -2.11. The van der Waals surface area contributed by atoms with Crippen LogP contribution in [-0.4, -0.2) is 7.69 Å². The van der Waals surface area contributed by atoms with Crippen molar-refractivity contribution < 1.29 is 18.1 Å². The van der Waals surface area contributed by atoms with E-state index in [0.29, 0.717) is 0 Å². The Bertz CT molecular complexity index is 544. The lowest BCUT2D eigenvalue weighted by Gasteiger charge is -2.09. The van der Waals surface area contributed by atoms with Crippen LogP contribution in [0.1, 0.15) is 0 Å². The van der Waals surface area contributed by atoms with Gasteiger partial charge in [0.25, 0.3) is 0 Å². The summed E-state index contributed by atoms with van der Waals surface area (Å²) < 4.78 is 36.3. The fraction of sp³-hybridized carbons (Fsp3) is 0. The van der Waals surface area contributed by atoms with Gasteiger partial charge in [0.15, 0.2) is 0 Å². The summed E-state index contributed by atoms with van der Waals surface area (Å²) in [6.45, 7) is 0. The van der Waals surface area contributed by atoms with Gasteiger partial charge in [-0.3, -0.25) is 0 Å². The Morgan fingerprint density at radius 3 is 1.63 bits per heavy atom. The van der Waals surface area contributed by atoms with Crippen molar-refractivity contribution in [1.82, 2.24) is 0 Å². The standard InChI is InChI=1S/C12H6BCl2F2O2/c14-11-7(16)3-1-5-9(11)18-13-19-10-6-2-4-8(17)12(10)15/h1-6H. The Hall–Kier alpha value is -1.46. The molecule has 0 aliphatic carbocycles. The maximum absolute atomic E-state index is 13.1. The van der Waals surface area contributed by atoms with Crippen LogP contribution in [0.3, 0.4) is 0 Å². The van der Waals surface area contributed by atoms with Crippen LogP contribution in [0.5, 0.6) is 11.5 Å². The van der Waals surface area contributed by atoms with E-state index in [2.05, 4.69) is 0 Å². The monoisotopic (exact) mass is 301 g/mol. The molecular weight excluding hydrogens is 296 g/mol. The molecule has 0 spiro atoms. The maximum Gasteiger partial charge on any atom is 0.658 e. The van der Waals surface area contributed by atoms with Gasteiger partial charge in [0, 0.05) is 0 Å². The molecule has 0 heterocycles. The summed E-state index contributed by atoms with van der Waals surface area (Å²) in [7, 11) is 0.890. The average molecular weight is 302 g/mol. The van der Waals surface area contributed by atoms with Crippen LogP contribution in [0, 0.1) is 11.6 Å². The fourth-order valence-electron chi connectivity index (χ4n) is 1.28. The molecule has 0 amide bonds.